The van der Waals surface area contributed by atoms with E-state index in [1.54, 1.807) is 18.3 Å². The average molecular weight is 421 g/mol. The lowest BCUT2D eigenvalue weighted by Crippen LogP contribution is -2.23. The molecule has 4 heterocycles. The minimum absolute atomic E-state index is 0.157. The van der Waals surface area contributed by atoms with Crippen LogP contribution in [0.25, 0.3) is 27.0 Å². The number of hydrogen-bond acceptors (Lipinski definition) is 5. The summed E-state index contributed by atoms with van der Waals surface area (Å²) in [6.45, 7) is 0.177. The van der Waals surface area contributed by atoms with Crippen LogP contribution in [0.5, 0.6) is 0 Å². The Morgan fingerprint density at radius 1 is 1.07 bits per heavy atom. The van der Waals surface area contributed by atoms with Gasteiger partial charge >= 0.3 is 0 Å². The number of aromatic nitrogens is 4. The molecule has 5 aromatic rings. The van der Waals surface area contributed by atoms with Crippen LogP contribution in [-0.2, 0) is 6.54 Å². The van der Waals surface area contributed by atoms with E-state index in [9.17, 15) is 9.59 Å². The second kappa shape index (κ2) is 6.95. The van der Waals surface area contributed by atoms with Gasteiger partial charge in [-0.25, -0.2) is 9.97 Å². The van der Waals surface area contributed by atoms with E-state index in [1.807, 2.05) is 35.7 Å². The van der Waals surface area contributed by atoms with Crippen LogP contribution in [0, 0.1) is 0 Å². The average Bonchev–Trinajstić information content (AvgIpc) is 3.16. The van der Waals surface area contributed by atoms with E-state index in [0.29, 0.717) is 26.6 Å². The normalized spacial score (nSPS) is 11.3. The number of benzene rings is 1. The maximum atomic E-state index is 13.0. The van der Waals surface area contributed by atoms with Gasteiger partial charge in [0.1, 0.15) is 10.3 Å². The molecule has 0 saturated carbocycles. The van der Waals surface area contributed by atoms with Crippen molar-refractivity contribution in [1.82, 2.24) is 18.9 Å². The lowest BCUT2D eigenvalue weighted by molar-refractivity contribution is 0.728. The summed E-state index contributed by atoms with van der Waals surface area (Å²) in [6, 6.07) is 14.2. The number of nitrogens with zero attached hydrogens (tertiary/aromatic N) is 4. The van der Waals surface area contributed by atoms with E-state index in [4.69, 9.17) is 11.6 Å². The highest BCUT2D eigenvalue weighted by atomic mass is 35.5. The molecule has 0 atom stereocenters. The third-order valence-electron chi connectivity index (χ3n) is 4.66. The summed E-state index contributed by atoms with van der Waals surface area (Å²) in [5, 5.41) is 2.58. The molecule has 6 nitrogen and oxygen atoms in total. The van der Waals surface area contributed by atoms with Crippen LogP contribution in [0.15, 0.2) is 76.0 Å². The van der Waals surface area contributed by atoms with Gasteiger partial charge in [-0.1, -0.05) is 29.8 Å². The molecule has 0 N–H and O–H groups in total. The number of fused-ring (bicyclic) bond motifs is 2. The fourth-order valence-corrected chi connectivity index (χ4v) is 4.35. The van der Waals surface area contributed by atoms with Crippen molar-refractivity contribution < 1.29 is 0 Å². The Morgan fingerprint density at radius 2 is 1.90 bits per heavy atom. The van der Waals surface area contributed by atoms with Gasteiger partial charge in [-0.15, -0.1) is 11.3 Å². The van der Waals surface area contributed by atoms with Gasteiger partial charge in [-0.3, -0.25) is 18.6 Å². The minimum atomic E-state index is -0.186. The minimum Gasteiger partial charge on any atom is -0.292 e. The zero-order valence-electron chi connectivity index (χ0n) is 14.9. The summed E-state index contributed by atoms with van der Waals surface area (Å²) in [6.07, 6.45) is 3.17. The molecule has 4 aromatic heterocycles. The van der Waals surface area contributed by atoms with Crippen LogP contribution in [-0.4, -0.2) is 18.9 Å². The highest BCUT2D eigenvalue weighted by Crippen LogP contribution is 2.31. The highest BCUT2D eigenvalue weighted by molar-refractivity contribution is 7.17. The maximum Gasteiger partial charge on any atom is 0.271 e. The van der Waals surface area contributed by atoms with Crippen molar-refractivity contribution in [3.63, 3.8) is 0 Å². The predicted octanol–water partition coefficient (Wildman–Crippen LogP) is 3.83. The van der Waals surface area contributed by atoms with E-state index < -0.39 is 0 Å². The first kappa shape index (κ1) is 17.8. The summed E-state index contributed by atoms with van der Waals surface area (Å²) in [7, 11) is 0. The van der Waals surface area contributed by atoms with Crippen molar-refractivity contribution in [3.8, 4) is 11.1 Å². The molecule has 8 heteroatoms. The monoisotopic (exact) mass is 420 g/mol. The van der Waals surface area contributed by atoms with Crippen LogP contribution in [0.3, 0.4) is 0 Å². The summed E-state index contributed by atoms with van der Waals surface area (Å²) < 4.78 is 3.51. The largest absolute Gasteiger partial charge is 0.292 e. The highest BCUT2D eigenvalue weighted by Gasteiger charge is 2.13. The second-order valence-electron chi connectivity index (χ2n) is 6.53. The molecule has 0 aliphatic heterocycles. The van der Waals surface area contributed by atoms with Crippen molar-refractivity contribution in [3.05, 3.63) is 97.9 Å². The van der Waals surface area contributed by atoms with Gasteiger partial charge in [0, 0.05) is 28.2 Å². The van der Waals surface area contributed by atoms with Crippen LogP contribution < -0.4 is 11.1 Å². The number of thiophene rings is 1. The fourth-order valence-electron chi connectivity index (χ4n) is 3.25. The molecule has 29 heavy (non-hydrogen) atoms. The van der Waals surface area contributed by atoms with E-state index in [1.165, 1.54) is 32.7 Å². The van der Waals surface area contributed by atoms with E-state index in [-0.39, 0.29) is 17.7 Å². The van der Waals surface area contributed by atoms with Gasteiger partial charge in [0.2, 0.25) is 0 Å². The van der Waals surface area contributed by atoms with Gasteiger partial charge < -0.3 is 0 Å². The summed E-state index contributed by atoms with van der Waals surface area (Å²) in [5.74, 6) is 0. The first-order valence-corrected chi connectivity index (χ1v) is 10.1. The van der Waals surface area contributed by atoms with Crippen LogP contribution >= 0.6 is 22.9 Å². The van der Waals surface area contributed by atoms with Crippen LogP contribution in [0.1, 0.15) is 5.69 Å². The Kier molecular flexibility index (Phi) is 4.26. The molecular formula is C21H13ClN4O2S. The van der Waals surface area contributed by atoms with Gasteiger partial charge in [0.25, 0.3) is 11.1 Å². The first-order chi connectivity index (χ1) is 14.1. The van der Waals surface area contributed by atoms with Crippen molar-refractivity contribution in [1.29, 1.82) is 0 Å². The molecule has 0 spiro atoms. The summed E-state index contributed by atoms with van der Waals surface area (Å²) in [4.78, 5) is 34.3. The summed E-state index contributed by atoms with van der Waals surface area (Å²) >= 11 is 7.32. The third-order valence-corrected chi connectivity index (χ3v) is 5.87. The van der Waals surface area contributed by atoms with E-state index >= 15 is 0 Å². The maximum absolute atomic E-state index is 13.0. The first-order valence-electron chi connectivity index (χ1n) is 8.80. The lowest BCUT2D eigenvalue weighted by Gasteiger charge is -2.07. The zero-order chi connectivity index (χ0) is 20.0. The Balaban J connectivity index is 1.57. The number of rotatable bonds is 3. The summed E-state index contributed by atoms with van der Waals surface area (Å²) in [5.41, 5.74) is 3.22. The van der Waals surface area contributed by atoms with Crippen molar-refractivity contribution in [2.45, 2.75) is 6.54 Å². The number of pyridine rings is 1. The lowest BCUT2D eigenvalue weighted by atomic mass is 10.1. The van der Waals surface area contributed by atoms with Gasteiger partial charge in [0.15, 0.2) is 0 Å². The van der Waals surface area contributed by atoms with Gasteiger partial charge in [0.05, 0.1) is 24.1 Å². The smallest absolute Gasteiger partial charge is 0.271 e. The third kappa shape index (κ3) is 3.14. The van der Waals surface area contributed by atoms with E-state index in [0.717, 1.165) is 11.1 Å². The molecular weight excluding hydrogens is 408 g/mol. The van der Waals surface area contributed by atoms with Crippen molar-refractivity contribution >= 4 is 38.8 Å². The Morgan fingerprint density at radius 3 is 2.72 bits per heavy atom. The number of halogens is 1. The molecule has 0 saturated heterocycles. The quantitative estimate of drug-likeness (QED) is 0.444. The molecule has 0 radical (unpaired) electrons. The van der Waals surface area contributed by atoms with Crippen molar-refractivity contribution in [2.24, 2.45) is 0 Å². The Labute approximate surface area is 173 Å². The van der Waals surface area contributed by atoms with Crippen LogP contribution in [0.2, 0.25) is 5.02 Å². The molecule has 0 fully saturated rings. The SMILES string of the molecule is O=c1c2scc(-c3ccc(Cl)cc3)c2ncn1Cc1cc(=O)n2ccccc2n1. The Hall–Kier alpha value is -3.29. The van der Waals surface area contributed by atoms with Gasteiger partial charge in [-0.2, -0.15) is 0 Å². The Bertz CT molecular complexity index is 1490. The molecule has 5 rings (SSSR count). The molecule has 0 bridgehead atoms. The van der Waals surface area contributed by atoms with Gasteiger partial charge in [-0.05, 0) is 29.8 Å². The predicted molar refractivity (Wildman–Crippen MR) is 115 cm³/mol. The van der Waals surface area contributed by atoms with Crippen molar-refractivity contribution in [2.75, 3.05) is 0 Å². The molecule has 0 aliphatic rings. The van der Waals surface area contributed by atoms with Crippen LogP contribution in [0.4, 0.5) is 0 Å². The number of hydrogen-bond donors (Lipinski definition) is 0. The molecule has 142 valence electrons. The fraction of sp³-hybridized carbons (Fsp3) is 0.0476. The standard InChI is InChI=1S/C21H13ClN4O2S/c22-14-6-4-13(5-7-14)16-11-29-20-19(16)23-12-25(21(20)28)10-15-9-18(27)26-8-2-1-3-17(26)24-15/h1-9,11-12H,10H2. The molecule has 0 aliphatic carbocycles. The molecule has 1 aromatic carbocycles. The van der Waals surface area contributed by atoms with E-state index in [2.05, 4.69) is 9.97 Å². The molecule has 0 unspecified atom stereocenters. The zero-order valence-corrected chi connectivity index (χ0v) is 16.5. The second-order valence-corrected chi connectivity index (χ2v) is 7.84. The molecule has 0 amide bonds. The topological polar surface area (TPSA) is 69.3 Å².